The van der Waals surface area contributed by atoms with Gasteiger partial charge in [-0.15, -0.1) is 11.3 Å². The maximum Gasteiger partial charge on any atom is 0.385 e. The Hall–Kier alpha value is -1.91. The third-order valence-electron chi connectivity index (χ3n) is 4.83. The average molecular weight is 508 g/mol. The number of aromatic nitrogens is 1. The van der Waals surface area contributed by atoms with Gasteiger partial charge in [0.05, 0.1) is 10.7 Å². The second kappa shape index (κ2) is 12.2. The molecule has 7 heteroatoms. The van der Waals surface area contributed by atoms with Crippen LogP contribution in [0.25, 0.3) is 0 Å². The first-order valence-corrected chi connectivity index (χ1v) is 12.1. The van der Waals surface area contributed by atoms with Gasteiger partial charge in [0.25, 0.3) is 0 Å². The molecule has 0 N–H and O–H groups in total. The van der Waals surface area contributed by atoms with E-state index in [1.807, 2.05) is 32.2 Å². The first-order valence-electron chi connectivity index (χ1n) is 10.5. The van der Waals surface area contributed by atoms with Crippen molar-refractivity contribution in [1.29, 1.82) is 0 Å². The lowest BCUT2D eigenvalue weighted by Crippen LogP contribution is -2.18. The van der Waals surface area contributed by atoms with Crippen molar-refractivity contribution in [1.82, 2.24) is 4.98 Å². The molecule has 1 aromatic rings. The highest BCUT2D eigenvalue weighted by atomic mass is 79.9. The molecule has 4 atom stereocenters. The summed E-state index contributed by atoms with van der Waals surface area (Å²) in [5.41, 5.74) is 1.93. The van der Waals surface area contributed by atoms with Gasteiger partial charge in [0.2, 0.25) is 0 Å². The van der Waals surface area contributed by atoms with Crippen molar-refractivity contribution >= 4 is 39.2 Å². The highest BCUT2D eigenvalue weighted by Crippen LogP contribution is 2.27. The summed E-state index contributed by atoms with van der Waals surface area (Å²) in [5.74, 6) is 4.89. The predicted molar refractivity (Wildman–Crippen MR) is 127 cm³/mol. The van der Waals surface area contributed by atoms with E-state index in [-0.39, 0.29) is 23.9 Å². The molecule has 31 heavy (non-hydrogen) atoms. The fourth-order valence-electron chi connectivity index (χ4n) is 3.51. The van der Waals surface area contributed by atoms with Crippen molar-refractivity contribution in [2.45, 2.75) is 78.4 Å². The number of hydrogen-bond acceptors (Lipinski definition) is 6. The fourth-order valence-corrected chi connectivity index (χ4v) is 4.77. The van der Waals surface area contributed by atoms with Gasteiger partial charge in [0.1, 0.15) is 12.2 Å². The zero-order chi connectivity index (χ0) is 23.0. The Kier molecular flexibility index (Phi) is 9.98. The molecular weight excluding hydrogens is 478 g/mol. The quantitative estimate of drug-likeness (QED) is 0.277. The number of thiazole rings is 1. The number of esters is 2. The molecule has 0 fully saturated rings. The third-order valence-corrected chi connectivity index (χ3v) is 5.98. The number of allylic oxidation sites excluding steroid dienone is 2. The van der Waals surface area contributed by atoms with Gasteiger partial charge >= 0.3 is 11.9 Å². The SMILES string of the molecule is C/C(Br)=C\[C@@H]1Cc2nc(cs2)[C@@H](C)C[C@@H](C)CC(=O)O[C@@H](C)C/C(C)=C/C#CC(=O)O1. The van der Waals surface area contributed by atoms with Gasteiger partial charge in [-0.3, -0.25) is 4.79 Å². The lowest BCUT2D eigenvalue weighted by molar-refractivity contribution is -0.149. The summed E-state index contributed by atoms with van der Waals surface area (Å²) < 4.78 is 12.0. The van der Waals surface area contributed by atoms with E-state index in [0.29, 0.717) is 19.3 Å². The van der Waals surface area contributed by atoms with Crippen LogP contribution in [0.5, 0.6) is 0 Å². The second-order valence-electron chi connectivity index (χ2n) is 8.28. The highest BCUT2D eigenvalue weighted by molar-refractivity contribution is 9.11. The van der Waals surface area contributed by atoms with Gasteiger partial charge < -0.3 is 9.47 Å². The van der Waals surface area contributed by atoms with Crippen LogP contribution in [0.1, 0.15) is 70.5 Å². The molecular formula is C24H30BrNO4S. The summed E-state index contributed by atoms with van der Waals surface area (Å²) in [6.07, 6.45) is 5.09. The largest absolute Gasteiger partial charge is 0.462 e. The molecule has 0 unspecified atom stereocenters. The first kappa shape index (κ1) is 25.4. The van der Waals surface area contributed by atoms with E-state index in [9.17, 15) is 9.59 Å². The van der Waals surface area contributed by atoms with Crippen LogP contribution in [0, 0.1) is 17.8 Å². The number of halogens is 1. The van der Waals surface area contributed by atoms with Crippen LogP contribution in [0.4, 0.5) is 0 Å². The van der Waals surface area contributed by atoms with Crippen LogP contribution >= 0.6 is 27.3 Å². The van der Waals surface area contributed by atoms with E-state index in [4.69, 9.17) is 14.5 Å². The van der Waals surface area contributed by atoms with E-state index < -0.39 is 12.1 Å². The summed E-state index contributed by atoms with van der Waals surface area (Å²) >= 11 is 4.97. The summed E-state index contributed by atoms with van der Waals surface area (Å²) in [4.78, 5) is 29.3. The lowest BCUT2D eigenvalue weighted by Gasteiger charge is -2.18. The maximum absolute atomic E-state index is 12.3. The zero-order valence-electron chi connectivity index (χ0n) is 18.7. The molecule has 1 aromatic heterocycles. The van der Waals surface area contributed by atoms with Crippen molar-refractivity contribution in [2.24, 2.45) is 5.92 Å². The van der Waals surface area contributed by atoms with E-state index in [2.05, 4.69) is 41.6 Å². The molecule has 1 aliphatic rings. The van der Waals surface area contributed by atoms with Crippen molar-refractivity contribution in [3.63, 3.8) is 0 Å². The number of carbonyl (C=O) groups is 2. The van der Waals surface area contributed by atoms with Gasteiger partial charge in [-0.05, 0) is 55.7 Å². The molecule has 0 saturated heterocycles. The molecule has 2 bridgehead atoms. The molecule has 2 rings (SSSR count). The normalized spacial score (nSPS) is 28.6. The Bertz CT molecular complexity index is 904. The number of hydrogen-bond donors (Lipinski definition) is 0. The Morgan fingerprint density at radius 1 is 1.23 bits per heavy atom. The molecule has 5 nitrogen and oxygen atoms in total. The maximum atomic E-state index is 12.3. The Balaban J connectivity index is 2.28. The first-order chi connectivity index (χ1) is 14.6. The summed E-state index contributed by atoms with van der Waals surface area (Å²) in [6.45, 7) is 9.84. The third kappa shape index (κ3) is 9.40. The number of cyclic esters (lactones) is 2. The molecule has 0 spiro atoms. The molecule has 0 aliphatic carbocycles. The predicted octanol–water partition coefficient (Wildman–Crippen LogP) is 5.70. The van der Waals surface area contributed by atoms with Gasteiger partial charge in [-0.2, -0.15) is 0 Å². The van der Waals surface area contributed by atoms with Crippen LogP contribution in [-0.2, 0) is 25.5 Å². The Morgan fingerprint density at radius 3 is 2.68 bits per heavy atom. The zero-order valence-corrected chi connectivity index (χ0v) is 21.1. The van der Waals surface area contributed by atoms with Gasteiger partial charge in [0.15, 0.2) is 0 Å². The minimum atomic E-state index is -0.588. The number of nitrogens with zero attached hydrogens (tertiary/aromatic N) is 1. The van der Waals surface area contributed by atoms with E-state index >= 15 is 0 Å². The number of ether oxygens (including phenoxy) is 2. The smallest absolute Gasteiger partial charge is 0.385 e. The number of rotatable bonds is 1. The lowest BCUT2D eigenvalue weighted by atomic mass is 9.93. The van der Waals surface area contributed by atoms with Crippen LogP contribution in [0.3, 0.4) is 0 Å². The standard InChI is InChI=1S/C24H30BrNO4S/c1-15-7-6-8-23(27)30-20(12-18(4)25)13-22-26-21(14-31-22)17(3)9-16(2)11-24(28)29-19(5)10-15/h7,12,14,16-17,19-20H,9-11,13H2,1-5H3/b15-7+,18-12+/t16-,17+,19+,20-/m1/s1. The van der Waals surface area contributed by atoms with E-state index in [0.717, 1.165) is 27.2 Å². The summed E-state index contributed by atoms with van der Waals surface area (Å²) in [7, 11) is 0. The minimum Gasteiger partial charge on any atom is -0.462 e. The fraction of sp³-hybridized carbons (Fsp3) is 0.542. The van der Waals surface area contributed by atoms with Crippen LogP contribution in [0.15, 0.2) is 27.6 Å². The Morgan fingerprint density at radius 2 is 1.97 bits per heavy atom. The molecule has 1 aliphatic heterocycles. The van der Waals surface area contributed by atoms with Gasteiger partial charge in [-0.25, -0.2) is 9.78 Å². The average Bonchev–Trinajstić information content (AvgIpc) is 3.08. The van der Waals surface area contributed by atoms with E-state index in [1.165, 1.54) is 0 Å². The molecule has 2 heterocycles. The van der Waals surface area contributed by atoms with Crippen molar-refractivity contribution < 1.29 is 19.1 Å². The molecule has 0 amide bonds. The van der Waals surface area contributed by atoms with Crippen LogP contribution < -0.4 is 0 Å². The number of fused-ring (bicyclic) bond motifs is 2. The van der Waals surface area contributed by atoms with Crippen LogP contribution in [0.2, 0.25) is 0 Å². The van der Waals surface area contributed by atoms with Crippen molar-refractivity contribution in [3.8, 4) is 11.8 Å². The molecule has 0 radical (unpaired) electrons. The van der Waals surface area contributed by atoms with E-state index in [1.54, 1.807) is 17.4 Å². The monoisotopic (exact) mass is 507 g/mol. The highest BCUT2D eigenvalue weighted by Gasteiger charge is 2.20. The molecule has 0 saturated carbocycles. The minimum absolute atomic E-state index is 0.189. The summed E-state index contributed by atoms with van der Waals surface area (Å²) in [6, 6.07) is 0. The van der Waals surface area contributed by atoms with Gasteiger partial charge in [0, 0.05) is 30.6 Å². The van der Waals surface area contributed by atoms with Crippen molar-refractivity contribution in [2.75, 3.05) is 0 Å². The molecule has 168 valence electrons. The van der Waals surface area contributed by atoms with Crippen LogP contribution in [-0.4, -0.2) is 29.1 Å². The van der Waals surface area contributed by atoms with Gasteiger partial charge in [-0.1, -0.05) is 41.3 Å². The second-order valence-corrected chi connectivity index (χ2v) is 10.5. The molecule has 0 aromatic carbocycles. The Labute approximate surface area is 197 Å². The topological polar surface area (TPSA) is 65.5 Å². The number of carbonyl (C=O) groups excluding carboxylic acids is 2. The van der Waals surface area contributed by atoms with Crippen molar-refractivity contribution in [3.05, 3.63) is 38.3 Å². The summed E-state index contributed by atoms with van der Waals surface area (Å²) in [5, 5.41) is 2.94.